The summed E-state index contributed by atoms with van der Waals surface area (Å²) in [7, 11) is 3.86. The van der Waals surface area contributed by atoms with Gasteiger partial charge in [0.05, 0.1) is 0 Å². The molecule has 104 valence electrons. The van der Waals surface area contributed by atoms with Gasteiger partial charge >= 0.3 is 11.8 Å². The lowest BCUT2D eigenvalue weighted by Crippen LogP contribution is -2.45. The lowest BCUT2D eigenvalue weighted by molar-refractivity contribution is -0.139. The minimum Gasteiger partial charge on any atom is -0.347 e. The molecular formula is C13H25N3O2. The van der Waals surface area contributed by atoms with Crippen LogP contribution in [0.4, 0.5) is 0 Å². The fraction of sp³-hybridized carbons (Fsp3) is 0.846. The van der Waals surface area contributed by atoms with Gasteiger partial charge in [0, 0.05) is 19.1 Å². The average molecular weight is 255 g/mol. The maximum atomic E-state index is 11.7. The number of nitrogens with zero attached hydrogens (tertiary/aromatic N) is 1. The number of hydrogen-bond donors (Lipinski definition) is 2. The van der Waals surface area contributed by atoms with Crippen LogP contribution in [0.1, 0.15) is 38.5 Å². The van der Waals surface area contributed by atoms with E-state index in [1.54, 1.807) is 0 Å². The van der Waals surface area contributed by atoms with Crippen molar-refractivity contribution in [3.63, 3.8) is 0 Å². The Hall–Kier alpha value is -1.10. The average Bonchev–Trinajstić information content (AvgIpc) is 2.57. The van der Waals surface area contributed by atoms with Gasteiger partial charge in [0.1, 0.15) is 0 Å². The smallest absolute Gasteiger partial charge is 0.309 e. The van der Waals surface area contributed by atoms with E-state index in [9.17, 15) is 9.59 Å². The van der Waals surface area contributed by atoms with E-state index in [1.807, 2.05) is 19.0 Å². The second-order valence-corrected chi connectivity index (χ2v) is 5.22. The van der Waals surface area contributed by atoms with Gasteiger partial charge in [0.15, 0.2) is 0 Å². The van der Waals surface area contributed by atoms with E-state index in [0.717, 1.165) is 32.2 Å². The fourth-order valence-corrected chi connectivity index (χ4v) is 2.15. The Morgan fingerprint density at radius 1 is 1.06 bits per heavy atom. The van der Waals surface area contributed by atoms with E-state index in [2.05, 4.69) is 10.6 Å². The predicted octanol–water partition coefficient (Wildman–Crippen LogP) is 0.503. The maximum Gasteiger partial charge on any atom is 0.309 e. The summed E-state index contributed by atoms with van der Waals surface area (Å²) in [5.41, 5.74) is 0. The molecule has 0 heterocycles. The first-order valence-electron chi connectivity index (χ1n) is 6.83. The van der Waals surface area contributed by atoms with E-state index in [0.29, 0.717) is 6.54 Å². The van der Waals surface area contributed by atoms with Gasteiger partial charge in [-0.3, -0.25) is 9.59 Å². The molecule has 5 heteroatoms. The fourth-order valence-electron chi connectivity index (χ4n) is 2.15. The molecule has 2 N–H and O–H groups in total. The zero-order chi connectivity index (χ0) is 13.4. The van der Waals surface area contributed by atoms with Crippen molar-refractivity contribution in [2.45, 2.75) is 44.6 Å². The number of rotatable bonds is 4. The van der Waals surface area contributed by atoms with Crippen LogP contribution in [0.3, 0.4) is 0 Å². The number of amides is 2. The van der Waals surface area contributed by atoms with Crippen LogP contribution in [-0.4, -0.2) is 49.9 Å². The van der Waals surface area contributed by atoms with Crippen molar-refractivity contribution in [2.24, 2.45) is 0 Å². The third kappa shape index (κ3) is 6.00. The van der Waals surface area contributed by atoms with Gasteiger partial charge in [-0.25, -0.2) is 0 Å². The number of nitrogens with one attached hydrogen (secondary N) is 2. The number of carbonyl (C=O) groups is 2. The molecule has 1 fully saturated rings. The van der Waals surface area contributed by atoms with Crippen LogP contribution in [0.25, 0.3) is 0 Å². The van der Waals surface area contributed by atoms with Crippen LogP contribution in [-0.2, 0) is 9.59 Å². The summed E-state index contributed by atoms with van der Waals surface area (Å²) in [4.78, 5) is 25.2. The van der Waals surface area contributed by atoms with Crippen molar-refractivity contribution in [1.29, 1.82) is 0 Å². The molecule has 0 aromatic heterocycles. The molecule has 0 atom stereocenters. The summed E-state index contributed by atoms with van der Waals surface area (Å²) in [5, 5.41) is 5.46. The second kappa shape index (κ2) is 8.08. The van der Waals surface area contributed by atoms with E-state index in [1.165, 1.54) is 12.8 Å². The standard InChI is InChI=1S/C13H25N3O2/c1-16(2)10-9-14-12(17)13(18)15-11-7-5-3-4-6-8-11/h11H,3-10H2,1-2H3,(H,14,17)(H,15,18). The van der Waals surface area contributed by atoms with E-state index in [4.69, 9.17) is 0 Å². The van der Waals surface area contributed by atoms with E-state index >= 15 is 0 Å². The van der Waals surface area contributed by atoms with Crippen LogP contribution in [0.15, 0.2) is 0 Å². The molecule has 1 aliphatic carbocycles. The molecule has 0 saturated heterocycles. The molecule has 2 amide bonds. The highest BCUT2D eigenvalue weighted by Crippen LogP contribution is 2.16. The largest absolute Gasteiger partial charge is 0.347 e. The highest BCUT2D eigenvalue weighted by molar-refractivity contribution is 6.35. The highest BCUT2D eigenvalue weighted by Gasteiger charge is 2.19. The Bertz CT molecular complexity index is 271. The molecule has 1 aliphatic rings. The number of carbonyl (C=O) groups excluding carboxylic acids is 2. The lowest BCUT2D eigenvalue weighted by Gasteiger charge is -2.16. The van der Waals surface area contributed by atoms with E-state index in [-0.39, 0.29) is 6.04 Å². The minimum absolute atomic E-state index is 0.180. The van der Waals surface area contributed by atoms with Crippen molar-refractivity contribution < 1.29 is 9.59 Å². The normalized spacial score (nSPS) is 17.3. The SMILES string of the molecule is CN(C)CCNC(=O)C(=O)NC1CCCCCC1. The van der Waals surface area contributed by atoms with Gasteiger partial charge in [0.25, 0.3) is 0 Å². The quantitative estimate of drug-likeness (QED) is 0.568. The molecular weight excluding hydrogens is 230 g/mol. The van der Waals surface area contributed by atoms with Crippen LogP contribution in [0, 0.1) is 0 Å². The number of hydrogen-bond acceptors (Lipinski definition) is 3. The lowest BCUT2D eigenvalue weighted by atomic mass is 10.1. The molecule has 0 aliphatic heterocycles. The first kappa shape index (κ1) is 15.0. The van der Waals surface area contributed by atoms with Crippen molar-refractivity contribution in [3.8, 4) is 0 Å². The maximum absolute atomic E-state index is 11.7. The van der Waals surface area contributed by atoms with Crippen LogP contribution >= 0.6 is 0 Å². The summed E-state index contributed by atoms with van der Waals surface area (Å²) in [5.74, 6) is -0.998. The van der Waals surface area contributed by atoms with Gasteiger partial charge in [0.2, 0.25) is 0 Å². The molecule has 0 bridgehead atoms. The van der Waals surface area contributed by atoms with Crippen molar-refractivity contribution in [2.75, 3.05) is 27.2 Å². The van der Waals surface area contributed by atoms with Gasteiger partial charge in [-0.1, -0.05) is 25.7 Å². The molecule has 0 aromatic carbocycles. The molecule has 0 aromatic rings. The van der Waals surface area contributed by atoms with Crippen molar-refractivity contribution in [3.05, 3.63) is 0 Å². The van der Waals surface area contributed by atoms with Gasteiger partial charge in [-0.15, -0.1) is 0 Å². The molecule has 18 heavy (non-hydrogen) atoms. The monoisotopic (exact) mass is 255 g/mol. The molecule has 1 rings (SSSR count). The second-order valence-electron chi connectivity index (χ2n) is 5.22. The molecule has 1 saturated carbocycles. The predicted molar refractivity (Wildman–Crippen MR) is 71.2 cm³/mol. The molecule has 0 radical (unpaired) electrons. The zero-order valence-electron chi connectivity index (χ0n) is 11.5. The third-order valence-electron chi connectivity index (χ3n) is 3.24. The van der Waals surface area contributed by atoms with Crippen LogP contribution < -0.4 is 10.6 Å². The summed E-state index contributed by atoms with van der Waals surface area (Å²) in [6, 6.07) is 0.180. The van der Waals surface area contributed by atoms with Gasteiger partial charge in [-0.05, 0) is 26.9 Å². The Balaban J connectivity index is 2.23. The number of likely N-dealkylation sites (N-methyl/N-ethyl adjacent to an activating group) is 1. The van der Waals surface area contributed by atoms with Crippen molar-refractivity contribution >= 4 is 11.8 Å². The van der Waals surface area contributed by atoms with Crippen LogP contribution in [0.2, 0.25) is 0 Å². The minimum atomic E-state index is -0.513. The summed E-state index contributed by atoms with van der Waals surface area (Å²) >= 11 is 0. The molecule has 0 spiro atoms. The molecule has 0 unspecified atom stereocenters. The first-order chi connectivity index (χ1) is 8.59. The third-order valence-corrected chi connectivity index (χ3v) is 3.24. The summed E-state index contributed by atoms with van der Waals surface area (Å²) in [6.45, 7) is 1.24. The molecule has 5 nitrogen and oxygen atoms in total. The van der Waals surface area contributed by atoms with Gasteiger partial charge in [-0.2, -0.15) is 0 Å². The zero-order valence-corrected chi connectivity index (χ0v) is 11.5. The Labute approximate surface area is 109 Å². The Kier molecular flexibility index (Phi) is 6.72. The van der Waals surface area contributed by atoms with Crippen LogP contribution in [0.5, 0.6) is 0 Å². The van der Waals surface area contributed by atoms with Gasteiger partial charge < -0.3 is 15.5 Å². The Morgan fingerprint density at radius 2 is 1.67 bits per heavy atom. The van der Waals surface area contributed by atoms with Crippen molar-refractivity contribution in [1.82, 2.24) is 15.5 Å². The van der Waals surface area contributed by atoms with E-state index < -0.39 is 11.8 Å². The summed E-state index contributed by atoms with van der Waals surface area (Å²) in [6.07, 6.45) is 6.76. The first-order valence-corrected chi connectivity index (χ1v) is 6.83. The summed E-state index contributed by atoms with van der Waals surface area (Å²) < 4.78 is 0. The topological polar surface area (TPSA) is 61.4 Å². The highest BCUT2D eigenvalue weighted by atomic mass is 16.2. The Morgan fingerprint density at radius 3 is 2.22 bits per heavy atom.